The number of thioether (sulfide) groups is 1. The summed E-state index contributed by atoms with van der Waals surface area (Å²) in [4.78, 5) is 8.97. The first kappa shape index (κ1) is 21.3. The summed E-state index contributed by atoms with van der Waals surface area (Å²) in [5.41, 5.74) is 1.68. The zero-order chi connectivity index (χ0) is 21.5. The van der Waals surface area contributed by atoms with Crippen molar-refractivity contribution in [2.24, 2.45) is 0 Å². The zero-order valence-corrected chi connectivity index (χ0v) is 18.4. The first-order chi connectivity index (χ1) is 15.3. The summed E-state index contributed by atoms with van der Waals surface area (Å²) in [6.45, 7) is 4.60. The Bertz CT molecular complexity index is 956. The standard InChI is InChI=1S/C23H26N4O3S/c1-28-20-7-8-25-23(19(20)15-24)31-14-13-26-9-11-27(12-10-26)22-17-29-21(16-30-22)18-5-3-2-4-6-18/h2-3,5,7-8,16-17H,4,6,9-14H2,1H3. The minimum atomic E-state index is 0.508. The minimum Gasteiger partial charge on any atom is -0.495 e. The Hall–Kier alpha value is -2.89. The van der Waals surface area contributed by atoms with E-state index in [1.54, 1.807) is 43.7 Å². The number of nitrogens with zero attached hydrogens (tertiary/aromatic N) is 4. The van der Waals surface area contributed by atoms with Crippen LogP contribution in [0.5, 0.6) is 5.75 Å². The Kier molecular flexibility index (Phi) is 7.18. The van der Waals surface area contributed by atoms with Crippen molar-refractivity contribution in [3.63, 3.8) is 0 Å². The molecule has 1 aliphatic carbocycles. The van der Waals surface area contributed by atoms with Gasteiger partial charge in [-0.15, -0.1) is 11.8 Å². The molecule has 4 rings (SSSR count). The number of ether oxygens (including phenoxy) is 3. The van der Waals surface area contributed by atoms with E-state index in [-0.39, 0.29) is 0 Å². The van der Waals surface area contributed by atoms with Crippen LogP contribution in [-0.2, 0) is 9.47 Å². The monoisotopic (exact) mass is 438 g/mol. The highest BCUT2D eigenvalue weighted by Crippen LogP contribution is 2.28. The van der Waals surface area contributed by atoms with Gasteiger partial charge in [0.25, 0.3) is 0 Å². The van der Waals surface area contributed by atoms with E-state index in [9.17, 15) is 5.26 Å². The second-order valence-electron chi connectivity index (χ2n) is 7.31. The van der Waals surface area contributed by atoms with Crippen LogP contribution in [0.1, 0.15) is 18.4 Å². The van der Waals surface area contributed by atoms with E-state index in [1.165, 1.54) is 5.57 Å². The predicted molar refractivity (Wildman–Crippen MR) is 119 cm³/mol. The molecule has 0 radical (unpaired) electrons. The molecule has 162 valence electrons. The van der Waals surface area contributed by atoms with Crippen molar-refractivity contribution in [3.05, 3.63) is 65.8 Å². The molecule has 8 heteroatoms. The maximum atomic E-state index is 9.39. The van der Waals surface area contributed by atoms with E-state index in [0.29, 0.717) is 11.3 Å². The first-order valence-electron chi connectivity index (χ1n) is 10.4. The summed E-state index contributed by atoms with van der Waals surface area (Å²) in [6, 6.07) is 3.91. The molecule has 0 atom stereocenters. The lowest BCUT2D eigenvalue weighted by molar-refractivity contribution is 0.0872. The van der Waals surface area contributed by atoms with Gasteiger partial charge in [-0.25, -0.2) is 4.98 Å². The number of rotatable bonds is 7. The lowest BCUT2D eigenvalue weighted by atomic mass is 10.0. The lowest BCUT2D eigenvalue weighted by Gasteiger charge is -2.36. The fourth-order valence-electron chi connectivity index (χ4n) is 3.66. The topological polar surface area (TPSA) is 70.8 Å². The molecule has 3 aliphatic rings. The van der Waals surface area contributed by atoms with E-state index in [2.05, 4.69) is 39.1 Å². The summed E-state index contributed by atoms with van der Waals surface area (Å²) < 4.78 is 17.0. The second-order valence-corrected chi connectivity index (χ2v) is 8.40. The van der Waals surface area contributed by atoms with Gasteiger partial charge in [0.1, 0.15) is 28.7 Å². The van der Waals surface area contributed by atoms with Crippen LogP contribution in [0, 0.1) is 11.3 Å². The fourth-order valence-corrected chi connectivity index (χ4v) is 4.63. The summed E-state index contributed by atoms with van der Waals surface area (Å²) in [5.74, 6) is 3.01. The lowest BCUT2D eigenvalue weighted by Crippen LogP contribution is -2.46. The Balaban J connectivity index is 1.21. The van der Waals surface area contributed by atoms with E-state index in [1.807, 2.05) is 0 Å². The number of aromatic nitrogens is 1. The van der Waals surface area contributed by atoms with Crippen LogP contribution in [0.25, 0.3) is 0 Å². The largest absolute Gasteiger partial charge is 0.495 e. The molecule has 0 spiro atoms. The van der Waals surface area contributed by atoms with Crippen molar-refractivity contribution in [2.75, 3.05) is 45.6 Å². The van der Waals surface area contributed by atoms with Gasteiger partial charge in [0.05, 0.1) is 7.11 Å². The third kappa shape index (κ3) is 5.24. The number of nitriles is 1. The molecule has 1 fully saturated rings. The van der Waals surface area contributed by atoms with Crippen LogP contribution in [0.4, 0.5) is 0 Å². The van der Waals surface area contributed by atoms with Crippen LogP contribution in [0.15, 0.2) is 65.3 Å². The molecule has 31 heavy (non-hydrogen) atoms. The molecule has 1 saturated heterocycles. The molecule has 0 N–H and O–H groups in total. The number of pyridine rings is 1. The minimum absolute atomic E-state index is 0.508. The molecule has 0 bridgehead atoms. The van der Waals surface area contributed by atoms with E-state index in [0.717, 1.165) is 68.0 Å². The Morgan fingerprint density at radius 1 is 1.23 bits per heavy atom. The van der Waals surface area contributed by atoms with E-state index >= 15 is 0 Å². The third-order valence-electron chi connectivity index (χ3n) is 5.44. The normalized spacial score (nSPS) is 18.8. The van der Waals surface area contributed by atoms with Crippen molar-refractivity contribution in [1.29, 1.82) is 5.26 Å². The fraction of sp³-hybridized carbons (Fsp3) is 0.391. The van der Waals surface area contributed by atoms with Crippen molar-refractivity contribution in [2.45, 2.75) is 17.9 Å². The molecule has 3 heterocycles. The summed E-state index contributed by atoms with van der Waals surface area (Å²) in [5, 5.41) is 10.1. The highest BCUT2D eigenvalue weighted by Gasteiger charge is 2.23. The average Bonchev–Trinajstić information content (AvgIpc) is 2.85. The number of allylic oxidation sites excluding steroid dienone is 4. The smallest absolute Gasteiger partial charge is 0.231 e. The first-order valence-corrected chi connectivity index (χ1v) is 11.4. The molecule has 0 aromatic carbocycles. The number of methoxy groups -OCH3 is 1. The molecule has 0 amide bonds. The van der Waals surface area contributed by atoms with Crippen molar-refractivity contribution in [3.8, 4) is 11.8 Å². The van der Waals surface area contributed by atoms with Crippen LogP contribution in [0.2, 0.25) is 0 Å². The highest BCUT2D eigenvalue weighted by molar-refractivity contribution is 7.99. The van der Waals surface area contributed by atoms with Gasteiger partial charge in [-0.05, 0) is 24.5 Å². The Morgan fingerprint density at radius 2 is 2.10 bits per heavy atom. The van der Waals surface area contributed by atoms with E-state index < -0.39 is 0 Å². The van der Waals surface area contributed by atoms with Crippen LogP contribution in [0.3, 0.4) is 0 Å². The molecular formula is C23H26N4O3S. The van der Waals surface area contributed by atoms with Gasteiger partial charge < -0.3 is 19.1 Å². The highest BCUT2D eigenvalue weighted by atomic mass is 32.2. The summed E-state index contributed by atoms with van der Waals surface area (Å²) in [7, 11) is 1.57. The average molecular weight is 439 g/mol. The van der Waals surface area contributed by atoms with Gasteiger partial charge >= 0.3 is 0 Å². The SMILES string of the molecule is COc1ccnc(SCCN2CCN(C3=COC(C4=CC=CCC4)=CO3)CC2)c1C#N. The molecule has 0 unspecified atom stereocenters. The van der Waals surface area contributed by atoms with Crippen molar-refractivity contribution < 1.29 is 14.2 Å². The third-order valence-corrected chi connectivity index (χ3v) is 6.41. The summed E-state index contributed by atoms with van der Waals surface area (Å²) in [6.07, 6.45) is 13.4. The van der Waals surface area contributed by atoms with Gasteiger partial charge in [0, 0.05) is 44.7 Å². The van der Waals surface area contributed by atoms with Crippen LogP contribution >= 0.6 is 11.8 Å². The van der Waals surface area contributed by atoms with Gasteiger partial charge in [0.2, 0.25) is 5.88 Å². The number of piperazine rings is 1. The zero-order valence-electron chi connectivity index (χ0n) is 17.6. The maximum Gasteiger partial charge on any atom is 0.231 e. The predicted octanol–water partition coefficient (Wildman–Crippen LogP) is 3.64. The molecule has 2 aliphatic heterocycles. The number of hydrogen-bond acceptors (Lipinski definition) is 8. The van der Waals surface area contributed by atoms with Gasteiger partial charge in [-0.2, -0.15) is 5.26 Å². The maximum absolute atomic E-state index is 9.39. The van der Waals surface area contributed by atoms with Gasteiger partial charge in [-0.3, -0.25) is 4.90 Å². The molecule has 1 aromatic heterocycles. The van der Waals surface area contributed by atoms with Crippen molar-refractivity contribution >= 4 is 11.8 Å². The Morgan fingerprint density at radius 3 is 2.77 bits per heavy atom. The van der Waals surface area contributed by atoms with Gasteiger partial charge in [-0.1, -0.05) is 18.2 Å². The van der Waals surface area contributed by atoms with Gasteiger partial charge in [0.15, 0.2) is 12.0 Å². The molecule has 0 saturated carbocycles. The quantitative estimate of drug-likeness (QED) is 0.598. The number of hydrogen-bond donors (Lipinski definition) is 0. The van der Waals surface area contributed by atoms with Crippen LogP contribution in [-0.4, -0.2) is 60.4 Å². The summed E-state index contributed by atoms with van der Waals surface area (Å²) >= 11 is 1.59. The van der Waals surface area contributed by atoms with E-state index in [4.69, 9.17) is 14.2 Å². The van der Waals surface area contributed by atoms with Crippen LogP contribution < -0.4 is 4.74 Å². The molecular weight excluding hydrogens is 412 g/mol. The second kappa shape index (κ2) is 10.4. The Labute approximate surface area is 187 Å². The molecule has 1 aromatic rings. The van der Waals surface area contributed by atoms with Crippen molar-refractivity contribution in [1.82, 2.24) is 14.8 Å². The molecule has 7 nitrogen and oxygen atoms in total.